The average molecular weight is 230 g/mol. The van der Waals surface area contributed by atoms with E-state index in [1.807, 2.05) is 18.2 Å². The van der Waals surface area contributed by atoms with Crippen LogP contribution in [0.4, 0.5) is 0 Å². The van der Waals surface area contributed by atoms with Crippen LogP contribution in [0.1, 0.15) is 12.0 Å². The van der Waals surface area contributed by atoms with Crippen molar-refractivity contribution in [3.63, 3.8) is 0 Å². The number of nitrogens with one attached hydrogen (secondary N) is 1. The van der Waals surface area contributed by atoms with E-state index in [9.17, 15) is 10.2 Å². The number of para-hydroxylation sites is 1. The Balaban J connectivity index is 0.00000112. The number of rotatable bonds is 2. The number of hydrogen-bond donors (Lipinski definition) is 3. The van der Waals surface area contributed by atoms with E-state index in [0.717, 1.165) is 18.4 Å². The fraction of sp³-hybridized carbons (Fsp3) is 0.455. The summed E-state index contributed by atoms with van der Waals surface area (Å²) in [5.74, 6) is 0.343. The molecule has 3 N–H and O–H groups in total. The molecule has 1 aromatic rings. The highest BCUT2D eigenvalue weighted by Gasteiger charge is 2.22. The maximum atomic E-state index is 9.55. The van der Waals surface area contributed by atoms with Crippen molar-refractivity contribution >= 4 is 12.4 Å². The van der Waals surface area contributed by atoms with Crippen LogP contribution >= 0.6 is 12.4 Å². The molecular formula is C11H16ClNO2. The summed E-state index contributed by atoms with van der Waals surface area (Å²) >= 11 is 0. The molecule has 84 valence electrons. The van der Waals surface area contributed by atoms with Gasteiger partial charge in [-0.15, -0.1) is 12.4 Å². The SMILES string of the molecule is Cl.Oc1ccccc1C[C@@H]1C[C@@H](O)CN1. The predicted molar refractivity (Wildman–Crippen MR) is 61.5 cm³/mol. The van der Waals surface area contributed by atoms with Gasteiger partial charge in [-0.2, -0.15) is 0 Å². The fourth-order valence-electron chi connectivity index (χ4n) is 1.90. The molecule has 2 atom stereocenters. The van der Waals surface area contributed by atoms with Crippen LogP contribution in [0.5, 0.6) is 5.75 Å². The summed E-state index contributed by atoms with van der Waals surface area (Å²) in [6.07, 6.45) is 1.32. The summed E-state index contributed by atoms with van der Waals surface area (Å²) in [4.78, 5) is 0. The summed E-state index contributed by atoms with van der Waals surface area (Å²) in [5, 5.41) is 22.1. The first-order valence-electron chi connectivity index (χ1n) is 4.94. The van der Waals surface area contributed by atoms with Crippen LogP contribution in [0.25, 0.3) is 0 Å². The van der Waals surface area contributed by atoms with E-state index in [4.69, 9.17) is 0 Å². The molecule has 0 spiro atoms. The maximum Gasteiger partial charge on any atom is 0.118 e. The minimum absolute atomic E-state index is 0. The third kappa shape index (κ3) is 3.09. The normalized spacial score (nSPS) is 24.9. The minimum atomic E-state index is -0.231. The topological polar surface area (TPSA) is 52.5 Å². The number of aliphatic hydroxyl groups is 1. The lowest BCUT2D eigenvalue weighted by Gasteiger charge is -2.10. The number of β-amino-alcohol motifs (C(OH)–C–C–N with tert-alkyl or cyclic N) is 1. The molecule has 1 aliphatic heterocycles. The molecule has 1 saturated heterocycles. The molecule has 1 heterocycles. The molecule has 3 nitrogen and oxygen atoms in total. The molecule has 0 unspecified atom stereocenters. The number of aromatic hydroxyl groups is 1. The molecule has 1 fully saturated rings. The van der Waals surface area contributed by atoms with Gasteiger partial charge in [0.15, 0.2) is 0 Å². The number of phenols is 1. The lowest BCUT2D eigenvalue weighted by molar-refractivity contribution is 0.193. The van der Waals surface area contributed by atoms with Crippen molar-refractivity contribution in [3.05, 3.63) is 29.8 Å². The molecule has 15 heavy (non-hydrogen) atoms. The molecule has 0 aromatic heterocycles. The predicted octanol–water partition coefficient (Wildman–Crippen LogP) is 1.08. The molecule has 4 heteroatoms. The molecule has 0 saturated carbocycles. The number of halogens is 1. The van der Waals surface area contributed by atoms with Gasteiger partial charge < -0.3 is 15.5 Å². The summed E-state index contributed by atoms with van der Waals surface area (Å²) < 4.78 is 0. The van der Waals surface area contributed by atoms with Gasteiger partial charge in [0.25, 0.3) is 0 Å². The number of phenolic OH excluding ortho intramolecular Hbond substituents is 1. The third-order valence-corrected chi connectivity index (χ3v) is 2.66. The van der Waals surface area contributed by atoms with Crippen LogP contribution in [0.3, 0.4) is 0 Å². The Morgan fingerprint density at radius 1 is 1.33 bits per heavy atom. The first-order chi connectivity index (χ1) is 6.75. The van der Waals surface area contributed by atoms with Crippen LogP contribution in [0, 0.1) is 0 Å². The smallest absolute Gasteiger partial charge is 0.118 e. The summed E-state index contributed by atoms with van der Waals surface area (Å²) in [6.45, 7) is 0.665. The van der Waals surface area contributed by atoms with Gasteiger partial charge in [0, 0.05) is 12.6 Å². The second kappa shape index (κ2) is 5.35. The van der Waals surface area contributed by atoms with E-state index >= 15 is 0 Å². The quantitative estimate of drug-likeness (QED) is 0.712. The van der Waals surface area contributed by atoms with E-state index in [-0.39, 0.29) is 18.5 Å². The van der Waals surface area contributed by atoms with Crippen molar-refractivity contribution in [2.75, 3.05) is 6.54 Å². The summed E-state index contributed by atoms with van der Waals surface area (Å²) in [7, 11) is 0. The van der Waals surface area contributed by atoms with E-state index < -0.39 is 0 Å². The van der Waals surface area contributed by atoms with Gasteiger partial charge in [0.2, 0.25) is 0 Å². The zero-order valence-electron chi connectivity index (χ0n) is 8.39. The van der Waals surface area contributed by atoms with Crippen LogP contribution in [-0.4, -0.2) is 28.9 Å². The molecule has 0 aliphatic carbocycles. The molecule has 1 aliphatic rings. The maximum absolute atomic E-state index is 9.55. The monoisotopic (exact) mass is 229 g/mol. The Kier molecular flexibility index (Phi) is 4.39. The fourth-order valence-corrected chi connectivity index (χ4v) is 1.90. The van der Waals surface area contributed by atoms with Crippen molar-refractivity contribution in [1.29, 1.82) is 0 Å². The second-order valence-electron chi connectivity index (χ2n) is 3.83. The van der Waals surface area contributed by atoms with Crippen LogP contribution in [0.15, 0.2) is 24.3 Å². The van der Waals surface area contributed by atoms with Gasteiger partial charge >= 0.3 is 0 Å². The van der Waals surface area contributed by atoms with Gasteiger partial charge in [-0.3, -0.25) is 0 Å². The first kappa shape index (κ1) is 12.3. The van der Waals surface area contributed by atoms with Crippen molar-refractivity contribution in [2.45, 2.75) is 25.0 Å². The average Bonchev–Trinajstić information content (AvgIpc) is 2.56. The van der Waals surface area contributed by atoms with E-state index in [0.29, 0.717) is 18.3 Å². The third-order valence-electron chi connectivity index (χ3n) is 2.66. The highest BCUT2D eigenvalue weighted by atomic mass is 35.5. The van der Waals surface area contributed by atoms with Crippen LogP contribution < -0.4 is 5.32 Å². The van der Waals surface area contributed by atoms with E-state index in [1.54, 1.807) is 6.07 Å². The van der Waals surface area contributed by atoms with Crippen molar-refractivity contribution in [1.82, 2.24) is 5.32 Å². The molecule has 2 rings (SSSR count). The lowest BCUT2D eigenvalue weighted by atomic mass is 10.0. The van der Waals surface area contributed by atoms with Crippen LogP contribution in [0.2, 0.25) is 0 Å². The van der Waals surface area contributed by atoms with Gasteiger partial charge in [-0.25, -0.2) is 0 Å². The minimum Gasteiger partial charge on any atom is -0.508 e. The number of benzene rings is 1. The van der Waals surface area contributed by atoms with Gasteiger partial charge in [0.1, 0.15) is 5.75 Å². The summed E-state index contributed by atoms with van der Waals surface area (Å²) in [5.41, 5.74) is 0.944. The highest BCUT2D eigenvalue weighted by Crippen LogP contribution is 2.20. The number of aliphatic hydroxyl groups excluding tert-OH is 1. The largest absolute Gasteiger partial charge is 0.508 e. The zero-order chi connectivity index (χ0) is 9.97. The zero-order valence-corrected chi connectivity index (χ0v) is 9.20. The standard InChI is InChI=1S/C11H15NO2.ClH/c13-10-6-9(12-7-10)5-8-3-1-2-4-11(8)14;/h1-4,9-10,12-14H,5-7H2;1H/t9-,10-;/m1./s1. The molecular weight excluding hydrogens is 214 g/mol. The Hall–Kier alpha value is -0.770. The van der Waals surface area contributed by atoms with Gasteiger partial charge in [-0.1, -0.05) is 18.2 Å². The van der Waals surface area contributed by atoms with E-state index in [2.05, 4.69) is 5.32 Å². The van der Waals surface area contributed by atoms with Gasteiger partial charge in [-0.05, 0) is 24.5 Å². The van der Waals surface area contributed by atoms with Crippen molar-refractivity contribution in [3.8, 4) is 5.75 Å². The number of hydrogen-bond acceptors (Lipinski definition) is 3. The van der Waals surface area contributed by atoms with Crippen molar-refractivity contribution < 1.29 is 10.2 Å². The second-order valence-corrected chi connectivity index (χ2v) is 3.83. The Labute approximate surface area is 95.5 Å². The molecule has 0 radical (unpaired) electrons. The Morgan fingerprint density at radius 2 is 2.07 bits per heavy atom. The summed E-state index contributed by atoms with van der Waals surface area (Å²) in [6, 6.07) is 7.64. The van der Waals surface area contributed by atoms with Crippen molar-refractivity contribution in [2.24, 2.45) is 0 Å². The molecule has 0 amide bonds. The lowest BCUT2D eigenvalue weighted by Crippen LogP contribution is -2.23. The Morgan fingerprint density at radius 3 is 2.67 bits per heavy atom. The first-order valence-corrected chi connectivity index (χ1v) is 4.94. The Bertz CT molecular complexity index is 319. The van der Waals surface area contributed by atoms with E-state index in [1.165, 1.54) is 0 Å². The van der Waals surface area contributed by atoms with Gasteiger partial charge in [0.05, 0.1) is 6.10 Å². The molecule has 1 aromatic carbocycles. The van der Waals surface area contributed by atoms with Crippen LogP contribution in [-0.2, 0) is 6.42 Å². The highest BCUT2D eigenvalue weighted by molar-refractivity contribution is 5.85. The molecule has 0 bridgehead atoms.